The SMILES string of the molecule is CCCCCCCCc1cccc(Nc2ccc(-c3cc(-c4c(C)ccc5cc(-c6ccc(Nc7cccc(CCCCCCCC)c7)cc6)ccc45)c4cc(C)ccc4c3)cc2)c1. The molecule has 0 radical (unpaired) electrons. The number of rotatable bonds is 21. The highest BCUT2D eigenvalue weighted by atomic mass is 14.9. The maximum absolute atomic E-state index is 3.68. The molecule has 0 aromatic heterocycles. The zero-order valence-corrected chi connectivity index (χ0v) is 38.9. The monoisotopic (exact) mass is 841 g/mol. The van der Waals surface area contributed by atoms with Gasteiger partial charge in [-0.25, -0.2) is 0 Å². The first kappa shape index (κ1) is 44.5. The van der Waals surface area contributed by atoms with Crippen LogP contribution < -0.4 is 10.6 Å². The molecule has 0 amide bonds. The van der Waals surface area contributed by atoms with E-state index in [0.29, 0.717) is 0 Å². The van der Waals surface area contributed by atoms with E-state index >= 15 is 0 Å². The van der Waals surface area contributed by atoms with Crippen LogP contribution in [0.25, 0.3) is 54.9 Å². The van der Waals surface area contributed by atoms with E-state index < -0.39 is 0 Å². The Balaban J connectivity index is 0.999. The highest BCUT2D eigenvalue weighted by Gasteiger charge is 2.15. The number of benzene rings is 8. The van der Waals surface area contributed by atoms with Gasteiger partial charge in [-0.15, -0.1) is 0 Å². The average molecular weight is 841 g/mol. The second kappa shape index (κ2) is 22.0. The Morgan fingerprint density at radius 2 is 0.859 bits per heavy atom. The topological polar surface area (TPSA) is 24.1 Å². The zero-order valence-electron chi connectivity index (χ0n) is 38.9. The van der Waals surface area contributed by atoms with Gasteiger partial charge in [0, 0.05) is 22.7 Å². The lowest BCUT2D eigenvalue weighted by Gasteiger charge is -2.17. The fraction of sp³-hybridized carbons (Fsp3) is 0.290. The molecule has 8 aromatic rings. The van der Waals surface area contributed by atoms with Crippen LogP contribution in [0, 0.1) is 13.8 Å². The van der Waals surface area contributed by atoms with Crippen molar-refractivity contribution in [3.05, 3.63) is 180 Å². The van der Waals surface area contributed by atoms with Crippen molar-refractivity contribution in [3.63, 3.8) is 0 Å². The van der Waals surface area contributed by atoms with Crippen LogP contribution >= 0.6 is 0 Å². The summed E-state index contributed by atoms with van der Waals surface area (Å²) in [5.74, 6) is 0. The van der Waals surface area contributed by atoms with Gasteiger partial charge in [-0.3, -0.25) is 0 Å². The summed E-state index contributed by atoms with van der Waals surface area (Å²) in [7, 11) is 0. The van der Waals surface area contributed by atoms with Crippen LogP contribution in [0.5, 0.6) is 0 Å². The van der Waals surface area contributed by atoms with Gasteiger partial charge in [0.15, 0.2) is 0 Å². The summed E-state index contributed by atoms with van der Waals surface area (Å²) >= 11 is 0. The summed E-state index contributed by atoms with van der Waals surface area (Å²) in [6, 6.07) is 59.0. The first-order valence-electron chi connectivity index (χ1n) is 24.4. The summed E-state index contributed by atoms with van der Waals surface area (Å²) in [5, 5.41) is 12.4. The summed E-state index contributed by atoms with van der Waals surface area (Å²) < 4.78 is 0. The largest absolute Gasteiger partial charge is 0.356 e. The van der Waals surface area contributed by atoms with Crippen LogP contribution in [0.2, 0.25) is 0 Å². The van der Waals surface area contributed by atoms with Crippen LogP contribution in [0.15, 0.2) is 158 Å². The lowest BCUT2D eigenvalue weighted by molar-refractivity contribution is 0.607. The molecule has 0 aliphatic rings. The molecular weight excluding hydrogens is 773 g/mol. The van der Waals surface area contributed by atoms with Crippen molar-refractivity contribution in [1.82, 2.24) is 0 Å². The lowest BCUT2D eigenvalue weighted by atomic mass is 9.87. The van der Waals surface area contributed by atoms with E-state index in [1.807, 2.05) is 0 Å². The molecule has 0 saturated carbocycles. The second-order valence-corrected chi connectivity index (χ2v) is 18.3. The Hall–Kier alpha value is -6.12. The van der Waals surface area contributed by atoms with Crippen molar-refractivity contribution in [3.8, 4) is 33.4 Å². The standard InChI is InChI=1S/C62H68N2/c1-5-7-9-11-13-15-19-47-21-17-23-57(40-47)63-55-34-29-49(30-35-55)51-33-38-59-52(42-51)28-26-46(4)62(59)61-44-54(43-53-27-25-45(3)39-60(53)61)50-31-36-56(37-32-50)64-58-24-18-22-48(41-58)20-16-14-12-10-8-6-2/h17-18,21-44,63-64H,5-16,19-20H2,1-4H3. The lowest BCUT2D eigenvalue weighted by Crippen LogP contribution is -1.93. The first-order valence-corrected chi connectivity index (χ1v) is 24.4. The Kier molecular flexibility index (Phi) is 15.3. The predicted octanol–water partition coefficient (Wildman–Crippen LogP) is 18.9. The highest BCUT2D eigenvalue weighted by Crippen LogP contribution is 2.41. The summed E-state index contributed by atoms with van der Waals surface area (Å²) in [5.41, 5.74) is 17.4. The molecule has 0 aliphatic carbocycles. The molecule has 64 heavy (non-hydrogen) atoms. The van der Waals surface area contributed by atoms with E-state index in [9.17, 15) is 0 Å². The molecular formula is C62H68N2. The van der Waals surface area contributed by atoms with Crippen LogP contribution in [0.4, 0.5) is 22.7 Å². The van der Waals surface area contributed by atoms with E-state index in [2.05, 4.69) is 196 Å². The van der Waals surface area contributed by atoms with Crippen molar-refractivity contribution in [2.24, 2.45) is 0 Å². The van der Waals surface area contributed by atoms with Gasteiger partial charge in [-0.2, -0.15) is 0 Å². The molecule has 8 rings (SSSR count). The van der Waals surface area contributed by atoms with Gasteiger partial charge >= 0.3 is 0 Å². The molecule has 0 bridgehead atoms. The molecule has 0 fully saturated rings. The molecule has 2 N–H and O–H groups in total. The van der Waals surface area contributed by atoms with E-state index in [-0.39, 0.29) is 0 Å². The van der Waals surface area contributed by atoms with Gasteiger partial charge in [0.2, 0.25) is 0 Å². The number of aryl methyl sites for hydroxylation is 4. The van der Waals surface area contributed by atoms with E-state index in [1.54, 1.807) is 0 Å². The van der Waals surface area contributed by atoms with Gasteiger partial charge in [-0.05, 0) is 178 Å². The normalized spacial score (nSPS) is 11.4. The summed E-state index contributed by atoms with van der Waals surface area (Å²) in [4.78, 5) is 0. The van der Waals surface area contributed by atoms with E-state index in [0.717, 1.165) is 35.6 Å². The van der Waals surface area contributed by atoms with Crippen molar-refractivity contribution >= 4 is 44.3 Å². The van der Waals surface area contributed by atoms with Crippen LogP contribution in [0.3, 0.4) is 0 Å². The van der Waals surface area contributed by atoms with Crippen molar-refractivity contribution < 1.29 is 0 Å². The molecule has 0 aliphatic heterocycles. The number of fused-ring (bicyclic) bond motifs is 2. The fourth-order valence-corrected chi connectivity index (χ4v) is 9.47. The number of unbranched alkanes of at least 4 members (excludes halogenated alkanes) is 10. The number of anilines is 4. The Labute approximate surface area is 384 Å². The quantitative estimate of drug-likeness (QED) is 0.0705. The summed E-state index contributed by atoms with van der Waals surface area (Å²) in [6.45, 7) is 9.02. The smallest absolute Gasteiger partial charge is 0.0386 e. The molecule has 2 nitrogen and oxygen atoms in total. The van der Waals surface area contributed by atoms with Gasteiger partial charge in [-0.1, -0.05) is 175 Å². The highest BCUT2D eigenvalue weighted by molar-refractivity contribution is 6.09. The van der Waals surface area contributed by atoms with Crippen LogP contribution in [-0.2, 0) is 12.8 Å². The molecule has 0 unspecified atom stereocenters. The molecule has 0 saturated heterocycles. The molecule has 8 aromatic carbocycles. The van der Waals surface area contributed by atoms with Crippen LogP contribution in [0.1, 0.15) is 113 Å². The molecule has 0 atom stereocenters. The minimum Gasteiger partial charge on any atom is -0.356 e. The second-order valence-electron chi connectivity index (χ2n) is 18.3. The average Bonchev–Trinajstić information content (AvgIpc) is 3.32. The van der Waals surface area contributed by atoms with Crippen molar-refractivity contribution in [2.75, 3.05) is 10.6 Å². The van der Waals surface area contributed by atoms with Crippen molar-refractivity contribution in [1.29, 1.82) is 0 Å². The van der Waals surface area contributed by atoms with Crippen LogP contribution in [-0.4, -0.2) is 0 Å². The first-order chi connectivity index (χ1) is 31.4. The van der Waals surface area contributed by atoms with Gasteiger partial charge < -0.3 is 10.6 Å². The third-order valence-corrected chi connectivity index (χ3v) is 13.1. The summed E-state index contributed by atoms with van der Waals surface area (Å²) in [6.07, 6.45) is 18.2. The minimum absolute atomic E-state index is 1.10. The van der Waals surface area contributed by atoms with Gasteiger partial charge in [0.1, 0.15) is 0 Å². The molecule has 326 valence electrons. The number of hydrogen-bond donors (Lipinski definition) is 2. The maximum atomic E-state index is 3.68. The van der Waals surface area contributed by atoms with E-state index in [4.69, 9.17) is 0 Å². The molecule has 0 heterocycles. The van der Waals surface area contributed by atoms with E-state index in [1.165, 1.54) is 154 Å². The maximum Gasteiger partial charge on any atom is 0.0386 e. The predicted molar refractivity (Wildman–Crippen MR) is 281 cm³/mol. The molecule has 0 spiro atoms. The third kappa shape index (κ3) is 11.5. The zero-order chi connectivity index (χ0) is 44.1. The fourth-order valence-electron chi connectivity index (χ4n) is 9.47. The Morgan fingerprint density at radius 3 is 1.45 bits per heavy atom. The minimum atomic E-state index is 1.10. The van der Waals surface area contributed by atoms with Gasteiger partial charge in [0.25, 0.3) is 0 Å². The Morgan fingerprint density at radius 1 is 0.359 bits per heavy atom. The third-order valence-electron chi connectivity index (χ3n) is 13.1. The van der Waals surface area contributed by atoms with Gasteiger partial charge in [0.05, 0.1) is 0 Å². The van der Waals surface area contributed by atoms with Crippen molar-refractivity contribution in [2.45, 2.75) is 118 Å². The Bertz CT molecular complexity index is 2760. The number of hydrogen-bond acceptors (Lipinski definition) is 2. The molecule has 2 heteroatoms. The number of nitrogens with one attached hydrogen (secondary N) is 2.